The molecule has 0 aliphatic carbocycles. The summed E-state index contributed by atoms with van der Waals surface area (Å²) in [5, 5.41) is 0.624. The minimum absolute atomic E-state index is 0.00177. The molecule has 0 unspecified atom stereocenters. The van der Waals surface area contributed by atoms with Gasteiger partial charge in [-0.15, -0.1) is 0 Å². The highest BCUT2D eigenvalue weighted by Crippen LogP contribution is 2.31. The maximum Gasteiger partial charge on any atom is 0.261 e. The molecule has 0 radical (unpaired) electrons. The van der Waals surface area contributed by atoms with Crippen LogP contribution in [0.5, 0.6) is 0 Å². The quantitative estimate of drug-likeness (QED) is 0.557. The molecule has 3 aromatic rings. The third kappa shape index (κ3) is 3.46. The van der Waals surface area contributed by atoms with Gasteiger partial charge in [0.2, 0.25) is 0 Å². The third-order valence-electron chi connectivity index (χ3n) is 5.70. The van der Waals surface area contributed by atoms with Gasteiger partial charge in [0.25, 0.3) is 5.56 Å². The van der Waals surface area contributed by atoms with Crippen molar-refractivity contribution >= 4 is 10.9 Å². The Bertz CT molecular complexity index is 1190. The van der Waals surface area contributed by atoms with E-state index in [-0.39, 0.29) is 5.56 Å². The predicted molar refractivity (Wildman–Crippen MR) is 111 cm³/mol. The van der Waals surface area contributed by atoms with E-state index in [4.69, 9.17) is 14.5 Å². The van der Waals surface area contributed by atoms with Gasteiger partial charge in [-0.05, 0) is 37.3 Å². The minimum atomic E-state index is -0.559. The SMILES string of the molecule is Cc1ccc(C#Cc2ccc3c(=O)n4c(nc3c2)CCC2(CC4)OCCO2)cc1. The maximum absolute atomic E-state index is 13.1. The number of rotatable bonds is 0. The Morgan fingerprint density at radius 3 is 2.52 bits per heavy atom. The van der Waals surface area contributed by atoms with Gasteiger partial charge in [0.1, 0.15) is 5.82 Å². The predicted octanol–water partition coefficient (Wildman–Crippen LogP) is 3.18. The molecule has 2 aliphatic rings. The van der Waals surface area contributed by atoms with E-state index in [9.17, 15) is 4.79 Å². The molecule has 29 heavy (non-hydrogen) atoms. The van der Waals surface area contributed by atoms with Crippen molar-refractivity contribution in [3.05, 3.63) is 75.3 Å². The first-order chi connectivity index (χ1) is 14.1. The summed E-state index contributed by atoms with van der Waals surface area (Å²) in [6.07, 6.45) is 2.05. The second-order valence-electron chi connectivity index (χ2n) is 7.69. The maximum atomic E-state index is 13.1. The number of ether oxygens (including phenoxy) is 2. The van der Waals surface area contributed by atoms with E-state index in [1.54, 1.807) is 4.57 Å². The topological polar surface area (TPSA) is 53.4 Å². The summed E-state index contributed by atoms with van der Waals surface area (Å²) in [6.45, 7) is 3.85. The molecule has 1 aromatic heterocycles. The van der Waals surface area contributed by atoms with Crippen molar-refractivity contribution in [1.29, 1.82) is 0 Å². The monoisotopic (exact) mass is 386 g/mol. The smallest absolute Gasteiger partial charge is 0.261 e. The zero-order valence-corrected chi connectivity index (χ0v) is 16.4. The normalized spacial score (nSPS) is 17.6. The van der Waals surface area contributed by atoms with Gasteiger partial charge in [0.05, 0.1) is 24.1 Å². The largest absolute Gasteiger partial charge is 0.347 e. The molecule has 146 valence electrons. The van der Waals surface area contributed by atoms with Crippen molar-refractivity contribution < 1.29 is 9.47 Å². The summed E-state index contributed by atoms with van der Waals surface area (Å²) in [7, 11) is 0. The number of hydrogen-bond donors (Lipinski definition) is 0. The Hall–Kier alpha value is -2.94. The van der Waals surface area contributed by atoms with Gasteiger partial charge in [-0.2, -0.15) is 0 Å². The number of benzene rings is 2. The molecule has 2 aliphatic heterocycles. The number of fused-ring (bicyclic) bond motifs is 2. The van der Waals surface area contributed by atoms with Crippen LogP contribution in [-0.4, -0.2) is 28.6 Å². The first kappa shape index (κ1) is 18.1. The molecular weight excluding hydrogens is 364 g/mol. The van der Waals surface area contributed by atoms with Crippen LogP contribution in [0.15, 0.2) is 47.3 Å². The molecule has 5 nitrogen and oxygen atoms in total. The molecule has 3 heterocycles. The molecule has 1 spiro atoms. The second kappa shape index (κ2) is 7.14. The van der Waals surface area contributed by atoms with Gasteiger partial charge in [-0.3, -0.25) is 9.36 Å². The van der Waals surface area contributed by atoms with Crippen LogP contribution in [0.25, 0.3) is 10.9 Å². The first-order valence-electron chi connectivity index (χ1n) is 10.0. The van der Waals surface area contributed by atoms with Crippen molar-refractivity contribution in [2.24, 2.45) is 0 Å². The van der Waals surface area contributed by atoms with Crippen LogP contribution in [0.3, 0.4) is 0 Å². The summed E-state index contributed by atoms with van der Waals surface area (Å²) in [5.41, 5.74) is 3.72. The van der Waals surface area contributed by atoms with Crippen LogP contribution in [0.2, 0.25) is 0 Å². The van der Waals surface area contributed by atoms with Crippen LogP contribution in [0, 0.1) is 18.8 Å². The molecule has 0 atom stereocenters. The van der Waals surface area contributed by atoms with E-state index in [1.165, 1.54) is 5.56 Å². The second-order valence-corrected chi connectivity index (χ2v) is 7.69. The van der Waals surface area contributed by atoms with Crippen molar-refractivity contribution in [3.8, 4) is 11.8 Å². The molecule has 0 bridgehead atoms. The van der Waals surface area contributed by atoms with E-state index in [0.29, 0.717) is 43.5 Å². The van der Waals surface area contributed by atoms with Crippen LogP contribution in [-0.2, 0) is 22.4 Å². The molecule has 0 amide bonds. The standard InChI is InChI=1S/C24H22N2O3/c1-17-2-4-18(5-3-17)6-7-19-8-9-20-21(16-19)25-22-10-11-24(28-14-15-29-24)12-13-26(22)23(20)27/h2-5,8-9,16H,10-15H2,1H3. The fourth-order valence-electron chi connectivity index (χ4n) is 4.04. The highest BCUT2D eigenvalue weighted by Gasteiger charge is 2.38. The first-order valence-corrected chi connectivity index (χ1v) is 10.0. The minimum Gasteiger partial charge on any atom is -0.347 e. The highest BCUT2D eigenvalue weighted by atomic mass is 16.7. The molecule has 2 aromatic carbocycles. The molecule has 0 saturated carbocycles. The van der Waals surface area contributed by atoms with Gasteiger partial charge in [-0.1, -0.05) is 29.5 Å². The van der Waals surface area contributed by atoms with Crippen molar-refractivity contribution in [3.63, 3.8) is 0 Å². The zero-order chi connectivity index (χ0) is 19.8. The third-order valence-corrected chi connectivity index (χ3v) is 5.70. The van der Waals surface area contributed by atoms with Gasteiger partial charge in [0.15, 0.2) is 5.79 Å². The van der Waals surface area contributed by atoms with E-state index in [2.05, 4.69) is 18.8 Å². The Labute approximate surface area is 169 Å². The lowest BCUT2D eigenvalue weighted by Gasteiger charge is -2.24. The summed E-state index contributed by atoms with van der Waals surface area (Å²) in [4.78, 5) is 17.9. The summed E-state index contributed by atoms with van der Waals surface area (Å²) in [6, 6.07) is 13.7. The van der Waals surface area contributed by atoms with Crippen molar-refractivity contribution in [1.82, 2.24) is 9.55 Å². The summed E-state index contributed by atoms with van der Waals surface area (Å²) < 4.78 is 13.5. The average Bonchev–Trinajstić information content (AvgIpc) is 3.12. The Balaban J connectivity index is 1.50. The molecule has 5 rings (SSSR count). The van der Waals surface area contributed by atoms with Gasteiger partial charge < -0.3 is 9.47 Å². The average molecular weight is 386 g/mol. The van der Waals surface area contributed by atoms with Crippen LogP contribution in [0.1, 0.15) is 35.4 Å². The lowest BCUT2D eigenvalue weighted by molar-refractivity contribution is -0.165. The number of hydrogen-bond acceptors (Lipinski definition) is 4. The Kier molecular flexibility index (Phi) is 4.46. The van der Waals surface area contributed by atoms with Crippen LogP contribution < -0.4 is 5.56 Å². The highest BCUT2D eigenvalue weighted by molar-refractivity contribution is 5.79. The number of aromatic nitrogens is 2. The molecule has 1 fully saturated rings. The number of nitrogens with zero attached hydrogens (tertiary/aromatic N) is 2. The zero-order valence-electron chi connectivity index (χ0n) is 16.4. The lowest BCUT2D eigenvalue weighted by Crippen LogP contribution is -2.31. The Morgan fingerprint density at radius 1 is 1.00 bits per heavy atom. The summed E-state index contributed by atoms with van der Waals surface area (Å²) >= 11 is 0. The van der Waals surface area contributed by atoms with Crippen molar-refractivity contribution in [2.45, 2.75) is 38.5 Å². The fourth-order valence-corrected chi connectivity index (χ4v) is 4.04. The van der Waals surface area contributed by atoms with E-state index >= 15 is 0 Å². The summed E-state index contributed by atoms with van der Waals surface area (Å²) in [5.74, 6) is 6.60. The lowest BCUT2D eigenvalue weighted by atomic mass is 10.1. The van der Waals surface area contributed by atoms with Gasteiger partial charge in [0, 0.05) is 36.9 Å². The van der Waals surface area contributed by atoms with Gasteiger partial charge in [-0.25, -0.2) is 4.98 Å². The van der Waals surface area contributed by atoms with Gasteiger partial charge >= 0.3 is 0 Å². The molecule has 5 heteroatoms. The van der Waals surface area contributed by atoms with Crippen molar-refractivity contribution in [2.75, 3.05) is 13.2 Å². The molecular formula is C24H22N2O3. The van der Waals surface area contributed by atoms with E-state index in [1.807, 2.05) is 42.5 Å². The van der Waals surface area contributed by atoms with E-state index in [0.717, 1.165) is 23.4 Å². The molecule has 1 saturated heterocycles. The van der Waals surface area contributed by atoms with Crippen LogP contribution >= 0.6 is 0 Å². The van der Waals surface area contributed by atoms with Crippen LogP contribution in [0.4, 0.5) is 0 Å². The number of aryl methyl sites for hydroxylation is 2. The van der Waals surface area contributed by atoms with E-state index < -0.39 is 5.79 Å². The Morgan fingerprint density at radius 2 is 1.72 bits per heavy atom. The fraction of sp³-hybridized carbons (Fsp3) is 0.333. The molecule has 0 N–H and O–H groups in total.